The predicted octanol–water partition coefficient (Wildman–Crippen LogP) is 5.09. The second kappa shape index (κ2) is 8.31. The van der Waals surface area contributed by atoms with Gasteiger partial charge in [-0.15, -0.1) is 0 Å². The van der Waals surface area contributed by atoms with E-state index >= 15 is 0 Å². The number of carbonyl (C=O) groups excluding carboxylic acids is 1. The van der Waals surface area contributed by atoms with Crippen molar-refractivity contribution in [1.82, 2.24) is 9.97 Å². The van der Waals surface area contributed by atoms with Crippen LogP contribution in [0.2, 0.25) is 0 Å². The summed E-state index contributed by atoms with van der Waals surface area (Å²) >= 11 is 0. The molecular formula is C23H26N4O2. The van der Waals surface area contributed by atoms with Crippen LogP contribution in [0.1, 0.15) is 42.5 Å². The van der Waals surface area contributed by atoms with Crippen LogP contribution in [0.3, 0.4) is 0 Å². The Balaban J connectivity index is 1.86. The molecule has 29 heavy (non-hydrogen) atoms. The SMILES string of the molecule is COc1cccc(NC(=O)c2cc(C)nc(Nc3ccccc3C(C)(C)C)n2)c1. The number of ether oxygens (including phenoxy) is 1. The highest BCUT2D eigenvalue weighted by Crippen LogP contribution is 2.30. The van der Waals surface area contributed by atoms with E-state index in [2.05, 4.69) is 47.4 Å². The lowest BCUT2D eigenvalue weighted by atomic mass is 9.86. The van der Waals surface area contributed by atoms with Crippen LogP contribution in [0, 0.1) is 6.92 Å². The van der Waals surface area contributed by atoms with Crippen LogP contribution in [0.25, 0.3) is 0 Å². The van der Waals surface area contributed by atoms with Crippen LogP contribution in [0.4, 0.5) is 17.3 Å². The van der Waals surface area contributed by atoms with Crippen molar-refractivity contribution >= 4 is 23.2 Å². The third kappa shape index (κ3) is 5.10. The van der Waals surface area contributed by atoms with Crippen molar-refractivity contribution in [2.45, 2.75) is 33.1 Å². The fraction of sp³-hybridized carbons (Fsp3) is 0.261. The largest absolute Gasteiger partial charge is 0.497 e. The summed E-state index contributed by atoms with van der Waals surface area (Å²) in [5.74, 6) is 0.746. The zero-order valence-corrected chi connectivity index (χ0v) is 17.4. The molecule has 2 aromatic carbocycles. The van der Waals surface area contributed by atoms with Gasteiger partial charge in [0.1, 0.15) is 11.4 Å². The summed E-state index contributed by atoms with van der Waals surface area (Å²) in [4.78, 5) is 21.6. The first-order valence-corrected chi connectivity index (χ1v) is 9.44. The molecule has 6 nitrogen and oxygen atoms in total. The molecule has 3 aromatic rings. The van der Waals surface area contributed by atoms with Crippen molar-refractivity contribution in [2.24, 2.45) is 0 Å². The highest BCUT2D eigenvalue weighted by Gasteiger charge is 2.18. The van der Waals surface area contributed by atoms with Crippen LogP contribution in [0.5, 0.6) is 5.75 Å². The van der Waals surface area contributed by atoms with Crippen molar-refractivity contribution < 1.29 is 9.53 Å². The molecule has 2 N–H and O–H groups in total. The average Bonchev–Trinajstić information content (AvgIpc) is 2.67. The minimum Gasteiger partial charge on any atom is -0.497 e. The van der Waals surface area contributed by atoms with Gasteiger partial charge >= 0.3 is 0 Å². The van der Waals surface area contributed by atoms with E-state index in [9.17, 15) is 4.79 Å². The van der Waals surface area contributed by atoms with Crippen molar-refractivity contribution in [3.8, 4) is 5.75 Å². The molecule has 6 heteroatoms. The van der Waals surface area contributed by atoms with Gasteiger partial charge < -0.3 is 15.4 Å². The first kappa shape index (κ1) is 20.3. The van der Waals surface area contributed by atoms with Crippen LogP contribution in [-0.2, 0) is 5.41 Å². The van der Waals surface area contributed by atoms with Crippen molar-refractivity contribution in [3.63, 3.8) is 0 Å². The van der Waals surface area contributed by atoms with Gasteiger partial charge in [0.15, 0.2) is 0 Å². The average molecular weight is 390 g/mol. The molecule has 0 saturated heterocycles. The third-order valence-electron chi connectivity index (χ3n) is 4.40. The smallest absolute Gasteiger partial charge is 0.274 e. The maximum atomic E-state index is 12.7. The summed E-state index contributed by atoms with van der Waals surface area (Å²) in [5, 5.41) is 6.12. The Hall–Kier alpha value is -3.41. The molecule has 0 radical (unpaired) electrons. The molecule has 3 rings (SSSR count). The molecule has 0 fully saturated rings. The second-order valence-corrected chi connectivity index (χ2v) is 7.82. The maximum Gasteiger partial charge on any atom is 0.274 e. The number of rotatable bonds is 5. The first-order valence-electron chi connectivity index (χ1n) is 9.44. The summed E-state index contributed by atoms with van der Waals surface area (Å²) in [6.45, 7) is 8.29. The van der Waals surface area contributed by atoms with Crippen molar-refractivity contribution in [1.29, 1.82) is 0 Å². The molecule has 1 amide bonds. The van der Waals surface area contributed by atoms with Crippen LogP contribution in [0.15, 0.2) is 54.6 Å². The molecule has 1 heterocycles. The Labute approximate surface area is 171 Å². The summed E-state index contributed by atoms with van der Waals surface area (Å²) in [7, 11) is 1.59. The number of carbonyl (C=O) groups is 1. The molecule has 0 aliphatic rings. The Morgan fingerprint density at radius 3 is 2.48 bits per heavy atom. The van der Waals surface area contributed by atoms with Gasteiger partial charge in [0.2, 0.25) is 5.95 Å². The topological polar surface area (TPSA) is 76.1 Å². The number of aryl methyl sites for hydroxylation is 1. The Bertz CT molecular complexity index is 1030. The van der Waals surface area contributed by atoms with Crippen LogP contribution >= 0.6 is 0 Å². The molecule has 0 spiro atoms. The molecule has 1 aromatic heterocycles. The number of methoxy groups -OCH3 is 1. The fourth-order valence-electron chi connectivity index (χ4n) is 3.00. The minimum atomic E-state index is -0.309. The van der Waals surface area contributed by atoms with Gasteiger partial charge in [0.05, 0.1) is 7.11 Å². The van der Waals surface area contributed by atoms with E-state index in [1.165, 1.54) is 0 Å². The molecule has 0 atom stereocenters. The molecule has 0 aliphatic heterocycles. The minimum absolute atomic E-state index is 0.0417. The van der Waals surface area contributed by atoms with Crippen LogP contribution < -0.4 is 15.4 Å². The number of hydrogen-bond acceptors (Lipinski definition) is 5. The standard InChI is InChI=1S/C23H26N4O2/c1-15-13-20(21(28)25-16-9-8-10-17(14-16)29-5)27-22(24-15)26-19-12-7-6-11-18(19)23(2,3)4/h6-14H,1-5H3,(H,25,28)(H,24,26,27). The lowest BCUT2D eigenvalue weighted by Crippen LogP contribution is -2.17. The normalized spacial score (nSPS) is 11.1. The lowest BCUT2D eigenvalue weighted by Gasteiger charge is -2.23. The number of benzene rings is 2. The van der Waals surface area contributed by atoms with Crippen molar-refractivity contribution in [3.05, 3.63) is 71.5 Å². The number of nitrogens with zero attached hydrogens (tertiary/aromatic N) is 2. The number of amides is 1. The highest BCUT2D eigenvalue weighted by atomic mass is 16.5. The first-order chi connectivity index (χ1) is 13.8. The molecule has 0 bridgehead atoms. The summed E-state index contributed by atoms with van der Waals surface area (Å²) in [6, 6.07) is 16.9. The third-order valence-corrected chi connectivity index (χ3v) is 4.40. The number of anilines is 3. The zero-order chi connectivity index (χ0) is 21.0. The molecular weight excluding hydrogens is 364 g/mol. The number of para-hydroxylation sites is 1. The number of hydrogen-bond donors (Lipinski definition) is 2. The summed E-state index contributed by atoms with van der Waals surface area (Å²) in [6.07, 6.45) is 0. The van der Waals surface area contributed by atoms with Gasteiger partial charge in [-0.25, -0.2) is 9.97 Å². The van der Waals surface area contributed by atoms with E-state index in [0.29, 0.717) is 23.1 Å². The monoisotopic (exact) mass is 390 g/mol. The van der Waals surface area contributed by atoms with Crippen LogP contribution in [-0.4, -0.2) is 23.0 Å². The van der Waals surface area contributed by atoms with E-state index in [1.807, 2.05) is 37.3 Å². The zero-order valence-electron chi connectivity index (χ0n) is 17.4. The molecule has 150 valence electrons. The van der Waals surface area contributed by atoms with Gasteiger partial charge in [0, 0.05) is 23.1 Å². The highest BCUT2D eigenvalue weighted by molar-refractivity contribution is 6.03. The predicted molar refractivity (Wildman–Crippen MR) is 116 cm³/mol. The van der Waals surface area contributed by atoms with E-state index in [4.69, 9.17) is 4.74 Å². The van der Waals surface area contributed by atoms with E-state index in [1.54, 1.807) is 25.3 Å². The molecule has 0 unspecified atom stereocenters. The van der Waals surface area contributed by atoms with Gasteiger partial charge in [-0.2, -0.15) is 0 Å². The van der Waals surface area contributed by atoms with Crippen molar-refractivity contribution in [2.75, 3.05) is 17.7 Å². The van der Waals surface area contributed by atoms with E-state index in [0.717, 1.165) is 11.3 Å². The Kier molecular flexibility index (Phi) is 5.82. The lowest BCUT2D eigenvalue weighted by molar-refractivity contribution is 0.102. The van der Waals surface area contributed by atoms with Gasteiger partial charge in [-0.3, -0.25) is 4.79 Å². The quantitative estimate of drug-likeness (QED) is 0.635. The number of nitrogens with one attached hydrogen (secondary N) is 2. The molecule has 0 saturated carbocycles. The fourth-order valence-corrected chi connectivity index (χ4v) is 3.00. The van der Waals surface area contributed by atoms with E-state index < -0.39 is 0 Å². The summed E-state index contributed by atoms with van der Waals surface area (Å²) in [5.41, 5.74) is 3.65. The van der Waals surface area contributed by atoms with Gasteiger partial charge in [-0.05, 0) is 42.2 Å². The van der Waals surface area contributed by atoms with Gasteiger partial charge in [0.25, 0.3) is 5.91 Å². The van der Waals surface area contributed by atoms with Gasteiger partial charge in [-0.1, -0.05) is 45.0 Å². The van der Waals surface area contributed by atoms with E-state index in [-0.39, 0.29) is 17.0 Å². The Morgan fingerprint density at radius 2 is 1.76 bits per heavy atom. The maximum absolute atomic E-state index is 12.7. The number of aromatic nitrogens is 2. The second-order valence-electron chi connectivity index (χ2n) is 7.82. The Morgan fingerprint density at radius 1 is 1.00 bits per heavy atom. The summed E-state index contributed by atoms with van der Waals surface area (Å²) < 4.78 is 5.20. The molecule has 0 aliphatic carbocycles.